The van der Waals surface area contributed by atoms with Gasteiger partial charge in [0.2, 0.25) is 0 Å². The maximum absolute atomic E-state index is 10.3. The Kier molecular flexibility index (Phi) is 14.2. The fourth-order valence-electron chi connectivity index (χ4n) is 2.01. The van der Waals surface area contributed by atoms with Gasteiger partial charge in [0.05, 0.1) is 6.10 Å². The van der Waals surface area contributed by atoms with Crippen LogP contribution in [0.1, 0.15) is 77.6 Å². The Morgan fingerprint density at radius 1 is 1.10 bits per heavy atom. The lowest BCUT2D eigenvalue weighted by atomic mass is 10.1. The number of carboxylic acids is 1. The SMILES string of the molecule is CCCCCCCCC(O)/C=C/C#CCCCCC(=O)O. The van der Waals surface area contributed by atoms with Crippen LogP contribution >= 0.6 is 0 Å². The summed E-state index contributed by atoms with van der Waals surface area (Å²) in [6, 6.07) is 0. The van der Waals surface area contributed by atoms with Crippen molar-refractivity contribution in [3.63, 3.8) is 0 Å². The molecule has 3 nitrogen and oxygen atoms in total. The van der Waals surface area contributed by atoms with E-state index in [1.54, 1.807) is 12.2 Å². The number of hydrogen-bond acceptors (Lipinski definition) is 2. The molecule has 0 radical (unpaired) electrons. The van der Waals surface area contributed by atoms with Gasteiger partial charge in [-0.05, 0) is 31.4 Å². The van der Waals surface area contributed by atoms with E-state index in [2.05, 4.69) is 18.8 Å². The average molecular weight is 294 g/mol. The minimum atomic E-state index is -0.749. The number of aliphatic hydroxyl groups is 1. The van der Waals surface area contributed by atoms with E-state index in [0.717, 1.165) is 19.3 Å². The van der Waals surface area contributed by atoms with Crippen molar-refractivity contribution in [3.05, 3.63) is 12.2 Å². The second kappa shape index (κ2) is 15.1. The van der Waals surface area contributed by atoms with Gasteiger partial charge in [0, 0.05) is 12.8 Å². The molecule has 0 rings (SSSR count). The number of carbonyl (C=O) groups is 1. The first-order valence-corrected chi connectivity index (χ1v) is 8.21. The first kappa shape index (κ1) is 19.7. The summed E-state index contributed by atoms with van der Waals surface area (Å²) >= 11 is 0. The van der Waals surface area contributed by atoms with Gasteiger partial charge < -0.3 is 10.2 Å². The van der Waals surface area contributed by atoms with Gasteiger partial charge in [0.25, 0.3) is 0 Å². The summed E-state index contributed by atoms with van der Waals surface area (Å²) in [6.07, 6.45) is 13.7. The predicted molar refractivity (Wildman–Crippen MR) is 87.0 cm³/mol. The molecule has 0 aliphatic heterocycles. The number of allylic oxidation sites excluding steroid dienone is 1. The Morgan fingerprint density at radius 2 is 1.81 bits per heavy atom. The molecule has 120 valence electrons. The van der Waals surface area contributed by atoms with Crippen molar-refractivity contribution in [2.75, 3.05) is 0 Å². The number of aliphatic carboxylic acids is 1. The van der Waals surface area contributed by atoms with Gasteiger partial charge in [-0.2, -0.15) is 0 Å². The van der Waals surface area contributed by atoms with E-state index in [1.165, 1.54) is 32.1 Å². The minimum Gasteiger partial charge on any atom is -0.481 e. The summed E-state index contributed by atoms with van der Waals surface area (Å²) in [5.74, 6) is 5.10. The number of carboxylic acid groups (broad SMARTS) is 1. The Morgan fingerprint density at radius 3 is 2.52 bits per heavy atom. The van der Waals surface area contributed by atoms with Gasteiger partial charge >= 0.3 is 5.97 Å². The molecule has 1 atom stereocenters. The summed E-state index contributed by atoms with van der Waals surface area (Å²) in [6.45, 7) is 2.21. The molecule has 0 aliphatic rings. The van der Waals surface area contributed by atoms with Gasteiger partial charge in [0.15, 0.2) is 0 Å². The lowest BCUT2D eigenvalue weighted by Crippen LogP contribution is -2.01. The van der Waals surface area contributed by atoms with Crippen LogP contribution in [0.4, 0.5) is 0 Å². The lowest BCUT2D eigenvalue weighted by molar-refractivity contribution is -0.137. The molecule has 3 heteroatoms. The number of rotatable bonds is 12. The molecule has 21 heavy (non-hydrogen) atoms. The molecule has 0 aromatic heterocycles. The van der Waals surface area contributed by atoms with Crippen molar-refractivity contribution in [2.24, 2.45) is 0 Å². The summed E-state index contributed by atoms with van der Waals surface area (Å²) in [5, 5.41) is 18.2. The molecular formula is C18H30O3. The van der Waals surface area contributed by atoms with Gasteiger partial charge in [0.1, 0.15) is 0 Å². The average Bonchev–Trinajstić information content (AvgIpc) is 2.45. The fourth-order valence-corrected chi connectivity index (χ4v) is 2.01. The third kappa shape index (κ3) is 16.7. The van der Waals surface area contributed by atoms with Crippen molar-refractivity contribution in [3.8, 4) is 11.8 Å². The molecular weight excluding hydrogens is 264 g/mol. The molecule has 0 amide bonds. The normalized spacial score (nSPS) is 12.1. The van der Waals surface area contributed by atoms with Crippen LogP contribution in [-0.2, 0) is 4.79 Å². The van der Waals surface area contributed by atoms with Crippen LogP contribution in [0.25, 0.3) is 0 Å². The highest BCUT2D eigenvalue weighted by atomic mass is 16.4. The van der Waals surface area contributed by atoms with Crippen LogP contribution in [0.5, 0.6) is 0 Å². The smallest absolute Gasteiger partial charge is 0.303 e. The standard InChI is InChI=1S/C18H30O3/c1-2-3-4-5-8-11-14-17(19)15-12-9-6-7-10-13-16-18(20)21/h12,15,17,19H,2-5,7-8,10-11,13-14,16H2,1H3,(H,20,21)/b15-12+. The summed E-state index contributed by atoms with van der Waals surface area (Å²) < 4.78 is 0. The van der Waals surface area contributed by atoms with Crippen molar-refractivity contribution < 1.29 is 15.0 Å². The third-order valence-electron chi connectivity index (χ3n) is 3.30. The minimum absolute atomic E-state index is 0.217. The van der Waals surface area contributed by atoms with Gasteiger partial charge in [-0.3, -0.25) is 4.79 Å². The van der Waals surface area contributed by atoms with Gasteiger partial charge in [-0.15, -0.1) is 0 Å². The zero-order valence-electron chi connectivity index (χ0n) is 13.3. The Labute approximate surface area is 129 Å². The maximum Gasteiger partial charge on any atom is 0.303 e. The Hall–Kier alpha value is -1.27. The quantitative estimate of drug-likeness (QED) is 0.417. The third-order valence-corrected chi connectivity index (χ3v) is 3.30. The monoisotopic (exact) mass is 294 g/mol. The first-order chi connectivity index (χ1) is 10.2. The summed E-state index contributed by atoms with van der Waals surface area (Å²) in [7, 11) is 0. The molecule has 0 saturated carbocycles. The molecule has 0 saturated heterocycles. The molecule has 2 N–H and O–H groups in total. The van der Waals surface area contributed by atoms with E-state index in [9.17, 15) is 9.90 Å². The highest BCUT2D eigenvalue weighted by Crippen LogP contribution is 2.09. The highest BCUT2D eigenvalue weighted by Gasteiger charge is 1.98. The number of aliphatic hydroxyl groups excluding tert-OH is 1. The molecule has 1 unspecified atom stereocenters. The lowest BCUT2D eigenvalue weighted by Gasteiger charge is -2.04. The second-order valence-corrected chi connectivity index (χ2v) is 5.40. The molecule has 0 fully saturated rings. The van der Waals surface area contributed by atoms with Crippen LogP contribution in [-0.4, -0.2) is 22.3 Å². The van der Waals surface area contributed by atoms with E-state index in [4.69, 9.17) is 5.11 Å². The van der Waals surface area contributed by atoms with Crippen LogP contribution < -0.4 is 0 Å². The number of hydrogen-bond donors (Lipinski definition) is 2. The van der Waals surface area contributed by atoms with Gasteiger partial charge in [-0.25, -0.2) is 0 Å². The van der Waals surface area contributed by atoms with Crippen molar-refractivity contribution in [1.82, 2.24) is 0 Å². The van der Waals surface area contributed by atoms with Crippen LogP contribution in [0, 0.1) is 11.8 Å². The van der Waals surface area contributed by atoms with Crippen molar-refractivity contribution in [1.29, 1.82) is 0 Å². The van der Waals surface area contributed by atoms with E-state index in [-0.39, 0.29) is 6.42 Å². The highest BCUT2D eigenvalue weighted by molar-refractivity contribution is 5.66. The molecule has 0 aliphatic carbocycles. The molecule has 0 aromatic carbocycles. The predicted octanol–water partition coefficient (Wildman–Crippen LogP) is 4.30. The second-order valence-electron chi connectivity index (χ2n) is 5.40. The largest absolute Gasteiger partial charge is 0.481 e. The van der Waals surface area contributed by atoms with Gasteiger partial charge in [-0.1, -0.05) is 57.3 Å². The maximum atomic E-state index is 10.3. The fraction of sp³-hybridized carbons (Fsp3) is 0.722. The van der Waals surface area contributed by atoms with Crippen molar-refractivity contribution in [2.45, 2.75) is 83.7 Å². The first-order valence-electron chi connectivity index (χ1n) is 8.21. The number of unbranched alkanes of at least 4 members (excludes halogenated alkanes) is 7. The van der Waals surface area contributed by atoms with E-state index < -0.39 is 12.1 Å². The van der Waals surface area contributed by atoms with Crippen LogP contribution in [0.15, 0.2) is 12.2 Å². The Balaban J connectivity index is 3.48. The van der Waals surface area contributed by atoms with Crippen LogP contribution in [0.3, 0.4) is 0 Å². The zero-order chi connectivity index (χ0) is 15.8. The van der Waals surface area contributed by atoms with E-state index in [1.807, 2.05) is 0 Å². The summed E-state index contributed by atoms with van der Waals surface area (Å²) in [4.78, 5) is 10.3. The molecule has 0 aromatic rings. The molecule has 0 spiro atoms. The zero-order valence-corrected chi connectivity index (χ0v) is 13.3. The van der Waals surface area contributed by atoms with E-state index in [0.29, 0.717) is 12.8 Å². The van der Waals surface area contributed by atoms with Crippen LogP contribution in [0.2, 0.25) is 0 Å². The molecule has 0 bridgehead atoms. The topological polar surface area (TPSA) is 57.5 Å². The van der Waals surface area contributed by atoms with E-state index >= 15 is 0 Å². The van der Waals surface area contributed by atoms with Crippen molar-refractivity contribution >= 4 is 5.97 Å². The molecule has 0 heterocycles. The Bertz CT molecular complexity index is 336. The summed E-state index contributed by atoms with van der Waals surface area (Å²) in [5.41, 5.74) is 0.